The summed E-state index contributed by atoms with van der Waals surface area (Å²) in [6.45, 7) is 1.18. The maximum absolute atomic E-state index is 11.9. The zero-order chi connectivity index (χ0) is 13.0. The van der Waals surface area contributed by atoms with E-state index in [1.165, 1.54) is 0 Å². The number of hydrogen-bond donors (Lipinski definition) is 1. The number of aromatic nitrogens is 1. The lowest BCUT2D eigenvalue weighted by Crippen LogP contribution is -2.32. The second-order valence-corrected chi connectivity index (χ2v) is 5.29. The van der Waals surface area contributed by atoms with Crippen LogP contribution >= 0.6 is 11.3 Å². The van der Waals surface area contributed by atoms with Crippen molar-refractivity contribution in [3.63, 3.8) is 0 Å². The molecule has 1 aromatic rings. The minimum atomic E-state index is -1.01. The molecule has 0 bridgehead atoms. The van der Waals surface area contributed by atoms with Crippen LogP contribution in [0.3, 0.4) is 0 Å². The van der Waals surface area contributed by atoms with Gasteiger partial charge < -0.3 is 10.0 Å². The van der Waals surface area contributed by atoms with Crippen molar-refractivity contribution in [1.82, 2.24) is 9.88 Å². The smallest absolute Gasteiger partial charge is 0.365 e. The number of carboxylic acid groups (broad SMARTS) is 1. The van der Waals surface area contributed by atoms with E-state index in [4.69, 9.17) is 5.11 Å². The van der Waals surface area contributed by atoms with Crippen molar-refractivity contribution in [1.29, 1.82) is 0 Å². The highest BCUT2D eigenvalue weighted by molar-refractivity contribution is 7.11. The summed E-state index contributed by atoms with van der Waals surface area (Å²) in [4.78, 5) is 28.4. The van der Waals surface area contributed by atoms with Gasteiger partial charge in [-0.1, -0.05) is 12.8 Å². The van der Waals surface area contributed by atoms with Gasteiger partial charge in [0.2, 0.25) is 10.9 Å². The second-order valence-electron chi connectivity index (χ2n) is 4.43. The van der Waals surface area contributed by atoms with Crippen LogP contribution in [0.15, 0.2) is 5.38 Å². The fourth-order valence-electron chi connectivity index (χ4n) is 2.06. The second kappa shape index (κ2) is 5.95. The molecule has 18 heavy (non-hydrogen) atoms. The molecule has 6 heteroatoms. The SMILES string of the molecule is O=C(O)c1nc(CN2CCCCCCC2=O)cs1. The Labute approximate surface area is 109 Å². The van der Waals surface area contributed by atoms with Gasteiger partial charge in [-0.2, -0.15) is 0 Å². The van der Waals surface area contributed by atoms with E-state index in [0.717, 1.165) is 43.6 Å². The van der Waals surface area contributed by atoms with Crippen molar-refractivity contribution in [2.75, 3.05) is 6.54 Å². The molecule has 2 rings (SSSR count). The molecule has 0 aromatic carbocycles. The van der Waals surface area contributed by atoms with Crippen LogP contribution in [0.25, 0.3) is 0 Å². The van der Waals surface area contributed by atoms with E-state index in [-0.39, 0.29) is 10.9 Å². The topological polar surface area (TPSA) is 70.5 Å². The first-order valence-electron chi connectivity index (χ1n) is 6.12. The largest absolute Gasteiger partial charge is 0.476 e. The van der Waals surface area contributed by atoms with E-state index in [0.29, 0.717) is 18.7 Å². The van der Waals surface area contributed by atoms with Gasteiger partial charge in [-0.15, -0.1) is 11.3 Å². The number of carbonyl (C=O) groups is 2. The molecule has 98 valence electrons. The Bertz CT molecular complexity index is 444. The number of carboxylic acids is 1. The summed E-state index contributed by atoms with van der Waals surface area (Å²) in [6.07, 6.45) is 4.84. The average Bonchev–Trinajstić information content (AvgIpc) is 2.77. The predicted octanol–water partition coefficient (Wildman–Crippen LogP) is 2.13. The van der Waals surface area contributed by atoms with Crippen LogP contribution in [0.5, 0.6) is 0 Å². The number of likely N-dealkylation sites (tertiary alicyclic amines) is 1. The molecule has 0 radical (unpaired) electrons. The van der Waals surface area contributed by atoms with E-state index in [2.05, 4.69) is 4.98 Å². The molecule has 0 aliphatic carbocycles. The van der Waals surface area contributed by atoms with Crippen LogP contribution in [0.1, 0.15) is 47.6 Å². The highest BCUT2D eigenvalue weighted by atomic mass is 32.1. The van der Waals surface area contributed by atoms with E-state index in [9.17, 15) is 9.59 Å². The molecule has 5 nitrogen and oxygen atoms in total. The molecule has 1 saturated heterocycles. The Hall–Kier alpha value is -1.43. The molecule has 0 unspecified atom stereocenters. The standard InChI is InChI=1S/C12H16N2O3S/c15-10-5-3-1-2-4-6-14(10)7-9-8-18-11(13-9)12(16)17/h8H,1-7H2,(H,16,17). The molecule has 1 aromatic heterocycles. The van der Waals surface area contributed by atoms with Gasteiger partial charge in [-0.05, 0) is 12.8 Å². The van der Waals surface area contributed by atoms with Crippen molar-refractivity contribution in [3.05, 3.63) is 16.1 Å². The van der Waals surface area contributed by atoms with Gasteiger partial charge in [0.25, 0.3) is 0 Å². The number of rotatable bonds is 3. The number of aromatic carboxylic acids is 1. The molecule has 1 aliphatic heterocycles. The molecule has 0 spiro atoms. The van der Waals surface area contributed by atoms with Crippen LogP contribution in [-0.4, -0.2) is 33.4 Å². The average molecular weight is 268 g/mol. The number of hydrogen-bond acceptors (Lipinski definition) is 4. The van der Waals surface area contributed by atoms with Crippen molar-refractivity contribution in [2.45, 2.75) is 38.6 Å². The summed E-state index contributed by atoms with van der Waals surface area (Å²) >= 11 is 1.11. The Morgan fingerprint density at radius 3 is 2.89 bits per heavy atom. The number of carbonyl (C=O) groups excluding carboxylic acids is 1. The Kier molecular flexibility index (Phi) is 4.30. The van der Waals surface area contributed by atoms with Gasteiger partial charge in [0, 0.05) is 18.3 Å². The van der Waals surface area contributed by atoms with Crippen molar-refractivity contribution >= 4 is 23.2 Å². The van der Waals surface area contributed by atoms with E-state index in [1.807, 2.05) is 0 Å². The first-order chi connectivity index (χ1) is 8.66. The maximum atomic E-state index is 11.9. The van der Waals surface area contributed by atoms with Crippen LogP contribution in [0, 0.1) is 0 Å². The fraction of sp³-hybridized carbons (Fsp3) is 0.583. The highest BCUT2D eigenvalue weighted by Crippen LogP contribution is 2.16. The quantitative estimate of drug-likeness (QED) is 0.911. The third-order valence-electron chi connectivity index (χ3n) is 3.01. The lowest BCUT2D eigenvalue weighted by molar-refractivity contribution is -0.132. The predicted molar refractivity (Wildman–Crippen MR) is 67.6 cm³/mol. The molecule has 1 N–H and O–H groups in total. The molecule has 0 saturated carbocycles. The molecular formula is C12H16N2O3S. The summed E-state index contributed by atoms with van der Waals surface area (Å²) in [5.41, 5.74) is 0.673. The highest BCUT2D eigenvalue weighted by Gasteiger charge is 2.17. The number of amides is 1. The van der Waals surface area contributed by atoms with Crippen LogP contribution in [-0.2, 0) is 11.3 Å². The minimum absolute atomic E-state index is 0.0875. The van der Waals surface area contributed by atoms with Gasteiger partial charge >= 0.3 is 5.97 Å². The Balaban J connectivity index is 2.01. The van der Waals surface area contributed by atoms with Gasteiger partial charge in [-0.25, -0.2) is 9.78 Å². The van der Waals surface area contributed by atoms with Crippen molar-refractivity contribution < 1.29 is 14.7 Å². The van der Waals surface area contributed by atoms with Crippen LogP contribution in [0.4, 0.5) is 0 Å². The Morgan fingerprint density at radius 2 is 2.17 bits per heavy atom. The third kappa shape index (κ3) is 3.29. The monoisotopic (exact) mass is 268 g/mol. The molecule has 1 aliphatic rings. The molecule has 0 atom stereocenters. The molecule has 2 heterocycles. The normalized spacial score (nSPS) is 17.3. The zero-order valence-electron chi connectivity index (χ0n) is 10.1. The lowest BCUT2D eigenvalue weighted by atomic mass is 10.1. The fourth-order valence-corrected chi connectivity index (χ4v) is 2.70. The van der Waals surface area contributed by atoms with Crippen LogP contribution in [0.2, 0.25) is 0 Å². The van der Waals surface area contributed by atoms with E-state index in [1.54, 1.807) is 10.3 Å². The van der Waals surface area contributed by atoms with Gasteiger partial charge in [0.15, 0.2) is 0 Å². The van der Waals surface area contributed by atoms with Gasteiger partial charge in [0.05, 0.1) is 12.2 Å². The van der Waals surface area contributed by atoms with E-state index < -0.39 is 5.97 Å². The van der Waals surface area contributed by atoms with Gasteiger partial charge in [-0.3, -0.25) is 4.79 Å². The van der Waals surface area contributed by atoms with Gasteiger partial charge in [0.1, 0.15) is 0 Å². The minimum Gasteiger partial charge on any atom is -0.476 e. The number of thiazole rings is 1. The first kappa shape index (κ1) is 13.0. The first-order valence-corrected chi connectivity index (χ1v) is 7.00. The molecule has 1 fully saturated rings. The summed E-state index contributed by atoms with van der Waals surface area (Å²) in [5.74, 6) is -0.857. The summed E-state index contributed by atoms with van der Waals surface area (Å²) < 4.78 is 0. The third-order valence-corrected chi connectivity index (χ3v) is 3.89. The van der Waals surface area contributed by atoms with Crippen LogP contribution < -0.4 is 0 Å². The van der Waals surface area contributed by atoms with E-state index >= 15 is 0 Å². The maximum Gasteiger partial charge on any atom is 0.365 e. The summed E-state index contributed by atoms with van der Waals surface area (Å²) in [5, 5.41) is 10.6. The zero-order valence-corrected chi connectivity index (χ0v) is 10.9. The number of nitrogens with zero attached hydrogens (tertiary/aromatic N) is 2. The summed E-state index contributed by atoms with van der Waals surface area (Å²) in [6, 6.07) is 0. The van der Waals surface area contributed by atoms with Crippen molar-refractivity contribution in [2.24, 2.45) is 0 Å². The van der Waals surface area contributed by atoms with Crippen molar-refractivity contribution in [3.8, 4) is 0 Å². The lowest BCUT2D eigenvalue weighted by Gasteiger charge is -2.23. The molecule has 1 amide bonds. The Morgan fingerprint density at radius 1 is 1.39 bits per heavy atom. The molecular weight excluding hydrogens is 252 g/mol. The summed E-state index contributed by atoms with van der Waals surface area (Å²) in [7, 11) is 0.